The standard InChI is InChI=1S/C18H31N3/c1-14-16(13-21(2)20-14)12-19-18-11-7-6-10-17(18)15-8-4-3-5-9-15/h13,15,17-19H,3-12H2,1-2H3. The first kappa shape index (κ1) is 15.1. The molecule has 0 spiro atoms. The van der Waals surface area contributed by atoms with Crippen LogP contribution in [-0.4, -0.2) is 15.8 Å². The molecule has 3 heteroatoms. The Morgan fingerprint density at radius 3 is 2.52 bits per heavy atom. The molecule has 2 fully saturated rings. The van der Waals surface area contributed by atoms with Crippen LogP contribution in [0.5, 0.6) is 0 Å². The van der Waals surface area contributed by atoms with E-state index in [9.17, 15) is 0 Å². The van der Waals surface area contributed by atoms with Crippen molar-refractivity contribution in [1.29, 1.82) is 0 Å². The molecule has 3 rings (SSSR count). The number of aromatic nitrogens is 2. The molecule has 0 aliphatic heterocycles. The first-order valence-corrected chi connectivity index (χ1v) is 8.96. The summed E-state index contributed by atoms with van der Waals surface area (Å²) in [5, 5.41) is 8.35. The summed E-state index contributed by atoms with van der Waals surface area (Å²) in [7, 11) is 2.02. The van der Waals surface area contributed by atoms with Gasteiger partial charge in [0.25, 0.3) is 0 Å². The molecule has 2 saturated carbocycles. The minimum Gasteiger partial charge on any atom is -0.310 e. The van der Waals surface area contributed by atoms with Gasteiger partial charge in [-0.3, -0.25) is 4.68 Å². The van der Waals surface area contributed by atoms with Gasteiger partial charge in [-0.1, -0.05) is 44.9 Å². The minimum atomic E-state index is 0.737. The number of rotatable bonds is 4. The van der Waals surface area contributed by atoms with Crippen LogP contribution >= 0.6 is 0 Å². The highest BCUT2D eigenvalue weighted by Crippen LogP contribution is 2.38. The fourth-order valence-electron chi connectivity index (χ4n) is 4.60. The first-order chi connectivity index (χ1) is 10.2. The van der Waals surface area contributed by atoms with E-state index in [0.717, 1.165) is 24.4 Å². The number of hydrogen-bond donors (Lipinski definition) is 1. The Morgan fingerprint density at radius 2 is 1.81 bits per heavy atom. The number of nitrogens with zero attached hydrogens (tertiary/aromatic N) is 2. The maximum atomic E-state index is 4.46. The second kappa shape index (κ2) is 6.95. The Hall–Kier alpha value is -0.830. The molecule has 2 atom stereocenters. The molecule has 2 aliphatic carbocycles. The van der Waals surface area contributed by atoms with E-state index in [1.54, 1.807) is 0 Å². The molecule has 1 heterocycles. The molecule has 0 amide bonds. The zero-order valence-electron chi connectivity index (χ0n) is 13.8. The summed E-state index contributed by atoms with van der Waals surface area (Å²) >= 11 is 0. The molecule has 0 aromatic carbocycles. The predicted octanol–water partition coefficient (Wildman–Crippen LogP) is 3.96. The molecule has 0 radical (unpaired) electrons. The summed E-state index contributed by atoms with van der Waals surface area (Å²) in [4.78, 5) is 0. The average Bonchev–Trinajstić information content (AvgIpc) is 2.84. The van der Waals surface area contributed by atoms with E-state index >= 15 is 0 Å². The van der Waals surface area contributed by atoms with Gasteiger partial charge in [0, 0.05) is 31.4 Å². The van der Waals surface area contributed by atoms with Crippen LogP contribution in [0.3, 0.4) is 0 Å². The van der Waals surface area contributed by atoms with Gasteiger partial charge in [-0.2, -0.15) is 5.10 Å². The lowest BCUT2D eigenvalue weighted by Gasteiger charge is -2.39. The maximum absolute atomic E-state index is 4.46. The van der Waals surface area contributed by atoms with Gasteiger partial charge in [0.1, 0.15) is 0 Å². The van der Waals surface area contributed by atoms with Crippen molar-refractivity contribution in [1.82, 2.24) is 15.1 Å². The van der Waals surface area contributed by atoms with Crippen molar-refractivity contribution in [3.63, 3.8) is 0 Å². The molecule has 2 unspecified atom stereocenters. The van der Waals surface area contributed by atoms with Crippen molar-refractivity contribution >= 4 is 0 Å². The second-order valence-electron chi connectivity index (χ2n) is 7.25. The van der Waals surface area contributed by atoms with Crippen LogP contribution in [0, 0.1) is 18.8 Å². The topological polar surface area (TPSA) is 29.9 Å². The zero-order valence-corrected chi connectivity index (χ0v) is 13.8. The Balaban J connectivity index is 1.60. The Morgan fingerprint density at radius 1 is 1.10 bits per heavy atom. The molecule has 1 aromatic heterocycles. The molecule has 1 aromatic rings. The van der Waals surface area contributed by atoms with Crippen LogP contribution in [0.2, 0.25) is 0 Å². The molecule has 2 aliphatic rings. The minimum absolute atomic E-state index is 0.737. The highest BCUT2D eigenvalue weighted by Gasteiger charge is 2.32. The molecular formula is C18H31N3. The smallest absolute Gasteiger partial charge is 0.0638 e. The predicted molar refractivity (Wildman–Crippen MR) is 87.1 cm³/mol. The van der Waals surface area contributed by atoms with Crippen molar-refractivity contribution < 1.29 is 0 Å². The molecule has 118 valence electrons. The van der Waals surface area contributed by atoms with Gasteiger partial charge in [0.05, 0.1) is 5.69 Å². The molecule has 0 bridgehead atoms. The quantitative estimate of drug-likeness (QED) is 0.909. The van der Waals surface area contributed by atoms with Gasteiger partial charge in [-0.25, -0.2) is 0 Å². The van der Waals surface area contributed by atoms with E-state index in [1.807, 2.05) is 11.7 Å². The van der Waals surface area contributed by atoms with Gasteiger partial charge in [0.2, 0.25) is 0 Å². The lowest BCUT2D eigenvalue weighted by atomic mass is 9.71. The monoisotopic (exact) mass is 289 g/mol. The van der Waals surface area contributed by atoms with E-state index in [2.05, 4.69) is 23.5 Å². The summed E-state index contributed by atoms with van der Waals surface area (Å²) in [6.45, 7) is 3.12. The first-order valence-electron chi connectivity index (χ1n) is 8.96. The van der Waals surface area contributed by atoms with Gasteiger partial charge in [-0.05, 0) is 31.6 Å². The maximum Gasteiger partial charge on any atom is 0.0638 e. The SMILES string of the molecule is Cc1nn(C)cc1CNC1CCCCC1C1CCCCC1. The van der Waals surface area contributed by atoms with Crippen LogP contribution < -0.4 is 5.32 Å². The largest absolute Gasteiger partial charge is 0.310 e. The summed E-state index contributed by atoms with van der Waals surface area (Å²) in [6.07, 6.45) is 15.2. The molecule has 0 saturated heterocycles. The van der Waals surface area contributed by atoms with Crippen LogP contribution in [-0.2, 0) is 13.6 Å². The van der Waals surface area contributed by atoms with Crippen molar-refractivity contribution in [3.05, 3.63) is 17.5 Å². The van der Waals surface area contributed by atoms with Crippen molar-refractivity contribution in [2.45, 2.75) is 77.3 Å². The summed E-state index contributed by atoms with van der Waals surface area (Å²) in [5.41, 5.74) is 2.54. The van der Waals surface area contributed by atoms with Gasteiger partial charge in [0.15, 0.2) is 0 Å². The van der Waals surface area contributed by atoms with Gasteiger partial charge < -0.3 is 5.32 Å². The summed E-state index contributed by atoms with van der Waals surface area (Å²) in [5.74, 6) is 1.92. The van der Waals surface area contributed by atoms with E-state index in [-0.39, 0.29) is 0 Å². The fraction of sp³-hybridized carbons (Fsp3) is 0.833. The van der Waals surface area contributed by atoms with Crippen LogP contribution in [0.25, 0.3) is 0 Å². The third kappa shape index (κ3) is 3.68. The Labute approximate surface area is 129 Å². The van der Waals surface area contributed by atoms with E-state index in [4.69, 9.17) is 0 Å². The third-order valence-corrected chi connectivity index (χ3v) is 5.74. The number of hydrogen-bond acceptors (Lipinski definition) is 2. The summed E-state index contributed by atoms with van der Waals surface area (Å²) < 4.78 is 1.94. The third-order valence-electron chi connectivity index (χ3n) is 5.74. The second-order valence-corrected chi connectivity index (χ2v) is 7.25. The van der Waals surface area contributed by atoms with Crippen molar-refractivity contribution in [2.75, 3.05) is 0 Å². The Bertz CT molecular complexity index is 445. The lowest BCUT2D eigenvalue weighted by molar-refractivity contribution is 0.149. The van der Waals surface area contributed by atoms with E-state index in [1.165, 1.54) is 69.0 Å². The van der Waals surface area contributed by atoms with Crippen molar-refractivity contribution in [3.8, 4) is 0 Å². The van der Waals surface area contributed by atoms with Crippen LogP contribution in [0.15, 0.2) is 6.20 Å². The van der Waals surface area contributed by atoms with Gasteiger partial charge >= 0.3 is 0 Å². The van der Waals surface area contributed by atoms with E-state index in [0.29, 0.717) is 0 Å². The average molecular weight is 289 g/mol. The van der Waals surface area contributed by atoms with E-state index < -0.39 is 0 Å². The molecular weight excluding hydrogens is 258 g/mol. The zero-order chi connectivity index (χ0) is 14.7. The fourth-order valence-corrected chi connectivity index (χ4v) is 4.60. The van der Waals surface area contributed by atoms with Gasteiger partial charge in [-0.15, -0.1) is 0 Å². The van der Waals surface area contributed by atoms with Crippen LogP contribution in [0.1, 0.15) is 69.0 Å². The Kier molecular flexibility index (Phi) is 4.99. The van der Waals surface area contributed by atoms with Crippen molar-refractivity contribution in [2.24, 2.45) is 18.9 Å². The molecule has 21 heavy (non-hydrogen) atoms. The molecule has 1 N–H and O–H groups in total. The molecule has 3 nitrogen and oxygen atoms in total. The van der Waals surface area contributed by atoms with Crippen LogP contribution in [0.4, 0.5) is 0 Å². The normalized spacial score (nSPS) is 27.9. The highest BCUT2D eigenvalue weighted by molar-refractivity contribution is 5.15. The highest BCUT2D eigenvalue weighted by atomic mass is 15.3. The lowest BCUT2D eigenvalue weighted by Crippen LogP contribution is -2.42. The number of aryl methyl sites for hydroxylation is 2. The summed E-state index contributed by atoms with van der Waals surface area (Å²) in [6, 6.07) is 0.737. The number of nitrogens with one attached hydrogen (secondary N) is 1.